The molecule has 0 fully saturated rings. The highest BCUT2D eigenvalue weighted by Gasteiger charge is 2.24. The van der Waals surface area contributed by atoms with Crippen molar-refractivity contribution in [1.82, 2.24) is 19.5 Å². The molecule has 11 aromatic rings. The molecular formula is C51H32N4O. The van der Waals surface area contributed by atoms with Gasteiger partial charge in [-0.05, 0) is 47.5 Å². The molecule has 4 heterocycles. The Kier molecular flexibility index (Phi) is 7.42. The maximum absolute atomic E-state index is 7.04. The van der Waals surface area contributed by atoms with Crippen molar-refractivity contribution in [2.24, 2.45) is 0 Å². The molecule has 0 aliphatic rings. The summed E-state index contributed by atoms with van der Waals surface area (Å²) in [6.45, 7) is 0. The van der Waals surface area contributed by atoms with Gasteiger partial charge in [0.1, 0.15) is 5.69 Å². The second kappa shape index (κ2) is 13.0. The number of fused-ring (bicyclic) bond motifs is 7. The van der Waals surface area contributed by atoms with Crippen molar-refractivity contribution in [1.29, 1.82) is 0 Å². The summed E-state index contributed by atoms with van der Waals surface area (Å²) in [6.07, 6.45) is 0. The molecule has 0 radical (unpaired) electrons. The average molecular weight is 717 g/mol. The number of nitrogens with zero attached hydrogens (tertiary/aromatic N) is 4. The second-order valence-corrected chi connectivity index (χ2v) is 14.0. The van der Waals surface area contributed by atoms with Gasteiger partial charge in [-0.25, -0.2) is 15.0 Å². The zero-order valence-corrected chi connectivity index (χ0v) is 30.2. The van der Waals surface area contributed by atoms with Crippen LogP contribution < -0.4 is 0 Å². The van der Waals surface area contributed by atoms with Crippen LogP contribution in [0.2, 0.25) is 0 Å². The highest BCUT2D eigenvalue weighted by Crippen LogP contribution is 2.44. The SMILES string of the molecule is c1ccc(-c2cccc(-c3cc(-c4cccc(-n5c6ccccc6c6c7c(oc65)c(-c5ccccc5)nc5ccccc57)c4)nc(-c4ccccc4)n3)c2)cc1. The molecule has 0 amide bonds. The predicted octanol–water partition coefficient (Wildman–Crippen LogP) is 13.2. The number of benzene rings is 7. The van der Waals surface area contributed by atoms with Gasteiger partial charge in [-0.15, -0.1) is 0 Å². The molecule has 0 N–H and O–H groups in total. The van der Waals surface area contributed by atoms with E-state index >= 15 is 0 Å². The fourth-order valence-electron chi connectivity index (χ4n) is 7.99. The van der Waals surface area contributed by atoms with E-state index < -0.39 is 0 Å². The van der Waals surface area contributed by atoms with Crippen molar-refractivity contribution in [3.63, 3.8) is 0 Å². The van der Waals surface area contributed by atoms with E-state index in [0.717, 1.165) is 100 Å². The fraction of sp³-hybridized carbons (Fsp3) is 0. The number of furan rings is 1. The standard InChI is InChI=1S/C51H32N4O/c1-4-16-33(17-5-1)36-22-14-23-37(30-36)43-32-44(54-50(53-43)35-20-8-3-9-21-35)38-24-15-25-39(31-38)55-45-29-13-11-27-41(45)47-46-40-26-10-12-28-42(40)52-48(49(46)56-51(47)55)34-18-6-2-7-19-34/h1-32H. The highest BCUT2D eigenvalue weighted by atomic mass is 16.3. The minimum atomic E-state index is 0.674. The quantitative estimate of drug-likeness (QED) is 0.172. The van der Waals surface area contributed by atoms with Gasteiger partial charge < -0.3 is 4.42 Å². The Morgan fingerprint density at radius 2 is 0.964 bits per heavy atom. The number of hydrogen-bond acceptors (Lipinski definition) is 4. The van der Waals surface area contributed by atoms with Gasteiger partial charge in [0.2, 0.25) is 5.71 Å². The molecule has 0 bridgehead atoms. The molecule has 5 heteroatoms. The van der Waals surface area contributed by atoms with Crippen molar-refractivity contribution in [2.75, 3.05) is 0 Å². The lowest BCUT2D eigenvalue weighted by Crippen LogP contribution is -1.97. The third-order valence-corrected chi connectivity index (χ3v) is 10.6. The van der Waals surface area contributed by atoms with E-state index in [4.69, 9.17) is 19.4 Å². The largest absolute Gasteiger partial charge is 0.437 e. The van der Waals surface area contributed by atoms with Crippen LogP contribution >= 0.6 is 0 Å². The Labute approximate surface area is 322 Å². The lowest BCUT2D eigenvalue weighted by Gasteiger charge is -2.12. The Balaban J connectivity index is 1.13. The molecule has 0 unspecified atom stereocenters. The maximum Gasteiger partial charge on any atom is 0.213 e. The van der Waals surface area contributed by atoms with E-state index in [2.05, 4.69) is 150 Å². The lowest BCUT2D eigenvalue weighted by molar-refractivity contribution is 0.645. The fourth-order valence-corrected chi connectivity index (χ4v) is 7.99. The molecule has 56 heavy (non-hydrogen) atoms. The van der Waals surface area contributed by atoms with Crippen LogP contribution in [-0.2, 0) is 0 Å². The molecule has 0 aliphatic heterocycles. The van der Waals surface area contributed by atoms with Crippen LogP contribution in [0, 0.1) is 0 Å². The van der Waals surface area contributed by atoms with Gasteiger partial charge in [-0.3, -0.25) is 4.57 Å². The normalized spacial score (nSPS) is 11.6. The molecule has 0 aliphatic carbocycles. The summed E-state index contributed by atoms with van der Waals surface area (Å²) in [4.78, 5) is 15.5. The van der Waals surface area contributed by atoms with E-state index in [-0.39, 0.29) is 0 Å². The van der Waals surface area contributed by atoms with E-state index in [0.29, 0.717) is 5.82 Å². The Morgan fingerprint density at radius 1 is 0.393 bits per heavy atom. The summed E-state index contributed by atoms with van der Waals surface area (Å²) in [6, 6.07) is 67.1. The van der Waals surface area contributed by atoms with E-state index in [1.165, 1.54) is 0 Å². The van der Waals surface area contributed by atoms with Crippen molar-refractivity contribution in [2.45, 2.75) is 0 Å². The van der Waals surface area contributed by atoms with Gasteiger partial charge in [-0.1, -0.05) is 158 Å². The van der Waals surface area contributed by atoms with Crippen molar-refractivity contribution >= 4 is 43.9 Å². The first-order chi connectivity index (χ1) is 27.8. The van der Waals surface area contributed by atoms with Gasteiger partial charge in [0, 0.05) is 44.1 Å². The van der Waals surface area contributed by atoms with E-state index in [1.807, 2.05) is 48.5 Å². The topological polar surface area (TPSA) is 56.7 Å². The first-order valence-electron chi connectivity index (χ1n) is 18.8. The van der Waals surface area contributed by atoms with Crippen molar-refractivity contribution < 1.29 is 4.42 Å². The molecule has 0 atom stereocenters. The number of para-hydroxylation sites is 2. The molecule has 7 aromatic carbocycles. The minimum absolute atomic E-state index is 0.674. The zero-order chi connectivity index (χ0) is 37.0. The van der Waals surface area contributed by atoms with Crippen LogP contribution in [0.15, 0.2) is 199 Å². The number of rotatable bonds is 6. The number of hydrogen-bond donors (Lipinski definition) is 0. The maximum atomic E-state index is 7.04. The highest BCUT2D eigenvalue weighted by molar-refractivity contribution is 6.28. The molecule has 11 rings (SSSR count). The van der Waals surface area contributed by atoms with Crippen LogP contribution in [0.3, 0.4) is 0 Å². The molecule has 0 spiro atoms. The predicted molar refractivity (Wildman–Crippen MR) is 229 cm³/mol. The minimum Gasteiger partial charge on any atom is -0.437 e. The third kappa shape index (κ3) is 5.29. The van der Waals surface area contributed by atoms with Gasteiger partial charge >= 0.3 is 0 Å². The first-order valence-corrected chi connectivity index (χ1v) is 18.8. The van der Waals surface area contributed by atoms with E-state index in [1.54, 1.807) is 0 Å². The molecule has 262 valence electrons. The van der Waals surface area contributed by atoms with Gasteiger partial charge in [-0.2, -0.15) is 0 Å². The van der Waals surface area contributed by atoms with Gasteiger partial charge in [0.15, 0.2) is 11.4 Å². The monoisotopic (exact) mass is 716 g/mol. The summed E-state index contributed by atoms with van der Waals surface area (Å²) in [5.74, 6) is 0.674. The molecule has 0 saturated heterocycles. The second-order valence-electron chi connectivity index (χ2n) is 14.0. The number of pyridine rings is 1. The Bertz CT molecular complexity index is 3240. The smallest absolute Gasteiger partial charge is 0.213 e. The van der Waals surface area contributed by atoms with Crippen molar-refractivity contribution in [3.05, 3.63) is 194 Å². The van der Waals surface area contributed by atoms with Crippen LogP contribution in [0.25, 0.3) is 106 Å². The van der Waals surface area contributed by atoms with E-state index in [9.17, 15) is 0 Å². The summed E-state index contributed by atoms with van der Waals surface area (Å²) < 4.78 is 9.28. The van der Waals surface area contributed by atoms with Crippen LogP contribution in [0.5, 0.6) is 0 Å². The van der Waals surface area contributed by atoms with Gasteiger partial charge in [0.05, 0.1) is 27.8 Å². The van der Waals surface area contributed by atoms with Crippen molar-refractivity contribution in [3.8, 4) is 62.0 Å². The molecule has 4 aromatic heterocycles. The number of aromatic nitrogens is 4. The summed E-state index contributed by atoms with van der Waals surface area (Å²) in [7, 11) is 0. The molecular weight excluding hydrogens is 685 g/mol. The third-order valence-electron chi connectivity index (χ3n) is 10.6. The van der Waals surface area contributed by atoms with Crippen LogP contribution in [0.1, 0.15) is 0 Å². The Morgan fingerprint density at radius 3 is 1.71 bits per heavy atom. The summed E-state index contributed by atoms with van der Waals surface area (Å²) in [5.41, 5.74) is 13.3. The van der Waals surface area contributed by atoms with Gasteiger partial charge in [0.25, 0.3) is 0 Å². The van der Waals surface area contributed by atoms with Crippen LogP contribution in [0.4, 0.5) is 0 Å². The van der Waals surface area contributed by atoms with Crippen LogP contribution in [-0.4, -0.2) is 19.5 Å². The summed E-state index contributed by atoms with van der Waals surface area (Å²) in [5, 5.41) is 4.33. The summed E-state index contributed by atoms with van der Waals surface area (Å²) >= 11 is 0. The molecule has 0 saturated carbocycles. The Hall–Kier alpha value is -7.63. The average Bonchev–Trinajstić information content (AvgIpc) is 3.82. The molecule has 5 nitrogen and oxygen atoms in total. The lowest BCUT2D eigenvalue weighted by atomic mass is 10.0. The zero-order valence-electron chi connectivity index (χ0n) is 30.2. The first kappa shape index (κ1) is 31.9.